The maximum Gasteiger partial charge on any atom is 0.419 e. The van der Waals surface area contributed by atoms with Crippen LogP contribution in [0, 0.1) is 5.92 Å². The van der Waals surface area contributed by atoms with Crippen molar-refractivity contribution in [2.75, 3.05) is 38.2 Å². The molecule has 0 radical (unpaired) electrons. The average Bonchev–Trinajstić information content (AvgIpc) is 3.26. The minimum atomic E-state index is -0.426. The molecule has 2 aromatic heterocycles. The van der Waals surface area contributed by atoms with Crippen molar-refractivity contribution in [1.82, 2.24) is 9.47 Å². The van der Waals surface area contributed by atoms with E-state index >= 15 is 0 Å². The van der Waals surface area contributed by atoms with Crippen LogP contribution < -0.4 is 11.1 Å². The van der Waals surface area contributed by atoms with Gasteiger partial charge >= 0.3 is 5.76 Å². The van der Waals surface area contributed by atoms with Gasteiger partial charge in [0.1, 0.15) is 5.58 Å². The monoisotopic (exact) mass is 435 g/mol. The van der Waals surface area contributed by atoms with Crippen LogP contribution in [0.5, 0.6) is 0 Å². The predicted octanol–water partition coefficient (Wildman–Crippen LogP) is 3.01. The van der Waals surface area contributed by atoms with Crippen LogP contribution in [0.3, 0.4) is 0 Å². The van der Waals surface area contributed by atoms with Crippen molar-refractivity contribution < 1.29 is 18.4 Å². The minimum absolute atomic E-state index is 0.111. The summed E-state index contributed by atoms with van der Waals surface area (Å²) in [6.45, 7) is 3.01. The molecule has 1 fully saturated rings. The van der Waals surface area contributed by atoms with Crippen molar-refractivity contribution in [1.29, 1.82) is 0 Å². The standard InChI is InChI=1S/C24H25N3O5/c1-26-20-5-4-19(12-22(20)32-24(26)29)25-23(28)14-27-7-9-30-15-17(13-27)10-16-2-3-18-6-8-31-21(18)11-16/h2-6,8,11-12,17H,7,9-10,13-15H2,1H3,(H,25,28). The molecule has 5 rings (SSSR count). The highest BCUT2D eigenvalue weighted by molar-refractivity contribution is 5.94. The number of rotatable bonds is 5. The van der Waals surface area contributed by atoms with Gasteiger partial charge in [-0.25, -0.2) is 4.79 Å². The van der Waals surface area contributed by atoms with Gasteiger partial charge in [0.05, 0.1) is 31.5 Å². The summed E-state index contributed by atoms with van der Waals surface area (Å²) in [5, 5.41) is 4.00. The molecule has 0 spiro atoms. The molecule has 8 heteroatoms. The molecule has 3 heterocycles. The Balaban J connectivity index is 1.22. The van der Waals surface area contributed by atoms with Crippen LogP contribution in [0.4, 0.5) is 5.69 Å². The Kier molecular flexibility index (Phi) is 5.55. The van der Waals surface area contributed by atoms with Gasteiger partial charge in [-0.15, -0.1) is 0 Å². The molecule has 2 aromatic carbocycles. The summed E-state index contributed by atoms with van der Waals surface area (Å²) in [4.78, 5) is 26.5. The molecular formula is C24H25N3O5. The first kappa shape index (κ1) is 20.5. The van der Waals surface area contributed by atoms with E-state index in [1.54, 1.807) is 31.5 Å². The Morgan fingerprint density at radius 1 is 1.16 bits per heavy atom. The molecule has 1 aliphatic heterocycles. The van der Waals surface area contributed by atoms with Gasteiger partial charge in [-0.3, -0.25) is 14.3 Å². The fourth-order valence-electron chi connectivity index (χ4n) is 4.29. The van der Waals surface area contributed by atoms with Gasteiger partial charge in [0.15, 0.2) is 5.58 Å². The maximum absolute atomic E-state index is 12.7. The second kappa shape index (κ2) is 8.64. The number of carbonyl (C=O) groups excluding carboxylic acids is 1. The SMILES string of the molecule is Cn1c(=O)oc2cc(NC(=O)CN3CCOCC(Cc4ccc5ccoc5c4)C3)ccc21. The van der Waals surface area contributed by atoms with Crippen LogP contribution >= 0.6 is 0 Å². The van der Waals surface area contributed by atoms with Crippen molar-refractivity contribution in [3.63, 3.8) is 0 Å². The minimum Gasteiger partial charge on any atom is -0.464 e. The third kappa shape index (κ3) is 4.32. The number of amides is 1. The van der Waals surface area contributed by atoms with E-state index in [2.05, 4.69) is 28.4 Å². The van der Waals surface area contributed by atoms with Gasteiger partial charge in [0, 0.05) is 37.3 Å². The third-order valence-electron chi connectivity index (χ3n) is 5.91. The first-order valence-corrected chi connectivity index (χ1v) is 10.7. The molecular weight excluding hydrogens is 410 g/mol. The van der Waals surface area contributed by atoms with Crippen molar-refractivity contribution in [3.05, 3.63) is 64.8 Å². The number of fused-ring (bicyclic) bond motifs is 2. The lowest BCUT2D eigenvalue weighted by Gasteiger charge is -2.23. The van der Waals surface area contributed by atoms with Crippen molar-refractivity contribution >= 4 is 33.7 Å². The van der Waals surface area contributed by atoms with Crippen LogP contribution in [0.2, 0.25) is 0 Å². The zero-order chi connectivity index (χ0) is 22.1. The molecule has 1 amide bonds. The third-order valence-corrected chi connectivity index (χ3v) is 5.91. The maximum atomic E-state index is 12.7. The molecule has 1 atom stereocenters. The van der Waals surface area contributed by atoms with Crippen LogP contribution in [-0.2, 0) is 23.0 Å². The van der Waals surface area contributed by atoms with Crippen molar-refractivity contribution in [3.8, 4) is 0 Å². The number of benzene rings is 2. The average molecular weight is 435 g/mol. The van der Waals surface area contributed by atoms with Gasteiger partial charge in [0.25, 0.3) is 0 Å². The van der Waals surface area contributed by atoms with E-state index in [1.807, 2.05) is 6.07 Å². The number of nitrogens with zero attached hydrogens (tertiary/aromatic N) is 2. The number of ether oxygens (including phenoxy) is 1. The second-order valence-electron chi connectivity index (χ2n) is 8.33. The van der Waals surface area contributed by atoms with Gasteiger partial charge < -0.3 is 18.9 Å². The molecule has 1 unspecified atom stereocenters. The summed E-state index contributed by atoms with van der Waals surface area (Å²) >= 11 is 0. The Bertz CT molecular complexity index is 1320. The molecule has 166 valence electrons. The Morgan fingerprint density at radius 2 is 2.06 bits per heavy atom. The lowest BCUT2D eigenvalue weighted by atomic mass is 9.99. The number of aryl methyl sites for hydroxylation is 1. The summed E-state index contributed by atoms with van der Waals surface area (Å²) in [7, 11) is 1.65. The molecule has 4 aromatic rings. The highest BCUT2D eigenvalue weighted by Gasteiger charge is 2.21. The number of hydrogen-bond acceptors (Lipinski definition) is 6. The van der Waals surface area contributed by atoms with Crippen LogP contribution in [0.25, 0.3) is 22.1 Å². The van der Waals surface area contributed by atoms with E-state index in [9.17, 15) is 9.59 Å². The number of nitrogens with one attached hydrogen (secondary N) is 1. The number of carbonyl (C=O) groups is 1. The van der Waals surface area contributed by atoms with Crippen LogP contribution in [0.1, 0.15) is 5.56 Å². The second-order valence-corrected chi connectivity index (χ2v) is 8.33. The highest BCUT2D eigenvalue weighted by Crippen LogP contribution is 2.21. The normalized spacial score (nSPS) is 17.6. The largest absolute Gasteiger partial charge is 0.464 e. The summed E-state index contributed by atoms with van der Waals surface area (Å²) in [5.74, 6) is -0.252. The van der Waals surface area contributed by atoms with E-state index in [0.717, 1.165) is 23.9 Å². The Morgan fingerprint density at radius 3 is 2.97 bits per heavy atom. The van der Waals surface area contributed by atoms with E-state index in [-0.39, 0.29) is 18.4 Å². The molecule has 1 aliphatic rings. The summed E-state index contributed by atoms with van der Waals surface area (Å²) in [5.41, 5.74) is 3.83. The van der Waals surface area contributed by atoms with Crippen molar-refractivity contribution in [2.45, 2.75) is 6.42 Å². The Hall–Kier alpha value is -3.36. The topological polar surface area (TPSA) is 89.9 Å². The first-order valence-electron chi connectivity index (χ1n) is 10.7. The van der Waals surface area contributed by atoms with Crippen LogP contribution in [0.15, 0.2) is 62.4 Å². The lowest BCUT2D eigenvalue weighted by Crippen LogP contribution is -2.37. The molecule has 8 nitrogen and oxygen atoms in total. The van der Waals surface area contributed by atoms with E-state index < -0.39 is 5.76 Å². The highest BCUT2D eigenvalue weighted by atomic mass is 16.5. The fourth-order valence-corrected chi connectivity index (χ4v) is 4.29. The van der Waals surface area contributed by atoms with Gasteiger partial charge in [-0.1, -0.05) is 12.1 Å². The number of anilines is 1. The van der Waals surface area contributed by atoms with E-state index in [1.165, 1.54) is 10.1 Å². The predicted molar refractivity (Wildman–Crippen MR) is 121 cm³/mol. The molecule has 1 N–H and O–H groups in total. The van der Waals surface area contributed by atoms with Gasteiger partial charge in [-0.05, 0) is 42.2 Å². The molecule has 0 aliphatic carbocycles. The quantitative estimate of drug-likeness (QED) is 0.518. The lowest BCUT2D eigenvalue weighted by molar-refractivity contribution is -0.117. The fraction of sp³-hybridized carbons (Fsp3) is 0.333. The summed E-state index contributed by atoms with van der Waals surface area (Å²) < 4.78 is 18.0. The summed E-state index contributed by atoms with van der Waals surface area (Å²) in [6.07, 6.45) is 2.56. The van der Waals surface area contributed by atoms with Gasteiger partial charge in [-0.2, -0.15) is 0 Å². The summed E-state index contributed by atoms with van der Waals surface area (Å²) in [6, 6.07) is 13.4. The number of oxazole rings is 1. The zero-order valence-electron chi connectivity index (χ0n) is 17.9. The molecule has 0 bridgehead atoms. The Labute approximate surface area is 184 Å². The number of hydrogen-bond donors (Lipinski definition) is 1. The first-order chi connectivity index (χ1) is 15.5. The van der Waals surface area contributed by atoms with Crippen LogP contribution in [-0.4, -0.2) is 48.2 Å². The van der Waals surface area contributed by atoms with Gasteiger partial charge in [0.2, 0.25) is 5.91 Å². The molecule has 1 saturated heterocycles. The van der Waals surface area contributed by atoms with E-state index in [4.69, 9.17) is 13.6 Å². The molecule has 0 saturated carbocycles. The number of furan rings is 1. The smallest absolute Gasteiger partial charge is 0.419 e. The number of aromatic nitrogens is 1. The van der Waals surface area contributed by atoms with Crippen molar-refractivity contribution in [2.24, 2.45) is 13.0 Å². The molecule has 32 heavy (non-hydrogen) atoms. The zero-order valence-corrected chi connectivity index (χ0v) is 17.9. The van der Waals surface area contributed by atoms with E-state index in [0.29, 0.717) is 36.5 Å².